The summed E-state index contributed by atoms with van der Waals surface area (Å²) >= 11 is 0. The van der Waals surface area contributed by atoms with Gasteiger partial charge >= 0.3 is 0 Å². The summed E-state index contributed by atoms with van der Waals surface area (Å²) in [6.45, 7) is 11.6. The molecule has 7 nitrogen and oxygen atoms in total. The van der Waals surface area contributed by atoms with E-state index < -0.39 is 0 Å². The second-order valence-corrected chi connectivity index (χ2v) is 6.66. The van der Waals surface area contributed by atoms with E-state index in [1.54, 1.807) is 0 Å². The van der Waals surface area contributed by atoms with Crippen LogP contribution in [-0.2, 0) is 0 Å². The van der Waals surface area contributed by atoms with Crippen LogP contribution in [-0.4, -0.2) is 84.6 Å². The van der Waals surface area contributed by atoms with Crippen LogP contribution in [0, 0.1) is 0 Å². The molecular formula is C18H31N7. The van der Waals surface area contributed by atoms with Crippen molar-refractivity contribution in [1.29, 1.82) is 0 Å². The maximum atomic E-state index is 4.82. The largest absolute Gasteiger partial charge is 0.357 e. The second kappa shape index (κ2) is 9.56. The lowest BCUT2D eigenvalue weighted by Gasteiger charge is -2.34. The third kappa shape index (κ3) is 5.29. The lowest BCUT2D eigenvalue weighted by molar-refractivity contribution is 0.255. The van der Waals surface area contributed by atoms with Crippen molar-refractivity contribution in [3.63, 3.8) is 0 Å². The Balaban J connectivity index is 1.37. The predicted octanol–water partition coefficient (Wildman–Crippen LogP) is 1.05. The molecule has 0 atom stereocenters. The van der Waals surface area contributed by atoms with Gasteiger partial charge in [0, 0.05) is 71.3 Å². The zero-order valence-electron chi connectivity index (χ0n) is 15.4. The first-order valence-corrected chi connectivity index (χ1v) is 9.64. The van der Waals surface area contributed by atoms with Gasteiger partial charge in [0.1, 0.15) is 0 Å². The van der Waals surface area contributed by atoms with Crippen LogP contribution >= 0.6 is 0 Å². The third-order valence-electron chi connectivity index (χ3n) is 4.84. The molecule has 2 aliphatic heterocycles. The van der Waals surface area contributed by atoms with Crippen LogP contribution in [0.5, 0.6) is 0 Å². The molecule has 1 aromatic heterocycles. The Morgan fingerprint density at radius 3 is 2.48 bits per heavy atom. The quantitative estimate of drug-likeness (QED) is 0.472. The number of likely N-dealkylation sites (tertiary alicyclic amines) is 1. The normalized spacial score (nSPS) is 19.5. The van der Waals surface area contributed by atoms with Crippen LogP contribution < -0.4 is 10.2 Å². The molecule has 0 aromatic carbocycles. The highest BCUT2D eigenvalue weighted by Gasteiger charge is 2.18. The standard InChI is InChI=1S/C18H31N7/c1-2-19-17(24-11-3-4-12-24)22-9-6-10-23-13-15-25(16-14-23)18-20-7-5-8-21-18/h5,7-8H,2-4,6,9-16H2,1H3,(H,19,22). The zero-order chi connectivity index (χ0) is 17.3. The molecule has 0 spiro atoms. The summed E-state index contributed by atoms with van der Waals surface area (Å²) in [4.78, 5) is 20.7. The Morgan fingerprint density at radius 1 is 1.08 bits per heavy atom. The SMILES string of the molecule is CCNC(=NCCCN1CCN(c2ncccn2)CC1)N1CCCC1. The lowest BCUT2D eigenvalue weighted by Crippen LogP contribution is -2.47. The van der Waals surface area contributed by atoms with Gasteiger partial charge in [-0.15, -0.1) is 0 Å². The summed E-state index contributed by atoms with van der Waals surface area (Å²) < 4.78 is 0. The maximum absolute atomic E-state index is 4.82. The zero-order valence-corrected chi connectivity index (χ0v) is 15.4. The fourth-order valence-electron chi connectivity index (χ4n) is 3.46. The summed E-state index contributed by atoms with van der Waals surface area (Å²) in [5, 5.41) is 3.43. The van der Waals surface area contributed by atoms with Crippen molar-refractivity contribution >= 4 is 11.9 Å². The molecule has 3 rings (SSSR count). The molecule has 0 bridgehead atoms. The number of hydrogen-bond acceptors (Lipinski definition) is 5. The van der Waals surface area contributed by atoms with Gasteiger partial charge in [-0.1, -0.05) is 0 Å². The first-order valence-electron chi connectivity index (χ1n) is 9.64. The molecule has 0 radical (unpaired) electrons. The van der Waals surface area contributed by atoms with Gasteiger partial charge in [0.2, 0.25) is 5.95 Å². The summed E-state index contributed by atoms with van der Waals surface area (Å²) in [5.74, 6) is 1.96. The summed E-state index contributed by atoms with van der Waals surface area (Å²) in [7, 11) is 0. The fourth-order valence-corrected chi connectivity index (χ4v) is 3.46. The van der Waals surface area contributed by atoms with E-state index in [-0.39, 0.29) is 0 Å². The minimum Gasteiger partial charge on any atom is -0.357 e. The molecule has 0 aliphatic carbocycles. The molecule has 2 fully saturated rings. The van der Waals surface area contributed by atoms with E-state index >= 15 is 0 Å². The third-order valence-corrected chi connectivity index (χ3v) is 4.84. The van der Waals surface area contributed by atoms with Gasteiger partial charge < -0.3 is 15.1 Å². The highest BCUT2D eigenvalue weighted by atomic mass is 15.3. The van der Waals surface area contributed by atoms with E-state index in [0.717, 1.165) is 77.2 Å². The molecule has 2 saturated heterocycles. The number of nitrogens with zero attached hydrogens (tertiary/aromatic N) is 6. The number of hydrogen-bond donors (Lipinski definition) is 1. The Hall–Kier alpha value is -1.89. The minimum absolute atomic E-state index is 0.854. The molecule has 1 aromatic rings. The number of aliphatic imine (C=N–C) groups is 1. The molecule has 0 amide bonds. The van der Waals surface area contributed by atoms with Crippen molar-refractivity contribution in [2.45, 2.75) is 26.2 Å². The van der Waals surface area contributed by atoms with E-state index in [1.807, 2.05) is 18.5 Å². The Morgan fingerprint density at radius 2 is 1.80 bits per heavy atom. The number of guanidine groups is 1. The van der Waals surface area contributed by atoms with E-state index in [0.29, 0.717) is 0 Å². The van der Waals surface area contributed by atoms with Gasteiger partial charge in [0.05, 0.1) is 0 Å². The highest BCUT2D eigenvalue weighted by Crippen LogP contribution is 2.10. The van der Waals surface area contributed by atoms with Gasteiger partial charge in [-0.2, -0.15) is 0 Å². The molecule has 1 N–H and O–H groups in total. The second-order valence-electron chi connectivity index (χ2n) is 6.66. The lowest BCUT2D eigenvalue weighted by atomic mass is 10.3. The van der Waals surface area contributed by atoms with Crippen LogP contribution in [0.15, 0.2) is 23.5 Å². The first-order chi connectivity index (χ1) is 12.4. The molecule has 138 valence electrons. The minimum atomic E-state index is 0.854. The molecule has 7 heteroatoms. The van der Waals surface area contributed by atoms with Crippen molar-refractivity contribution in [3.8, 4) is 0 Å². The number of piperazine rings is 1. The smallest absolute Gasteiger partial charge is 0.225 e. The van der Waals surface area contributed by atoms with Gasteiger partial charge in [0.15, 0.2) is 5.96 Å². The van der Waals surface area contributed by atoms with Crippen molar-refractivity contribution in [2.75, 3.05) is 63.8 Å². The average Bonchev–Trinajstić information content (AvgIpc) is 3.20. The van der Waals surface area contributed by atoms with Crippen molar-refractivity contribution in [3.05, 3.63) is 18.5 Å². The van der Waals surface area contributed by atoms with Crippen molar-refractivity contribution < 1.29 is 0 Å². The van der Waals surface area contributed by atoms with E-state index in [1.165, 1.54) is 12.8 Å². The average molecular weight is 345 g/mol. The van der Waals surface area contributed by atoms with E-state index in [2.05, 4.69) is 36.9 Å². The summed E-state index contributed by atoms with van der Waals surface area (Å²) in [5.41, 5.74) is 0. The van der Waals surface area contributed by atoms with Gasteiger partial charge in [-0.3, -0.25) is 9.89 Å². The van der Waals surface area contributed by atoms with Gasteiger partial charge in [-0.25, -0.2) is 9.97 Å². The monoisotopic (exact) mass is 345 g/mol. The number of nitrogens with one attached hydrogen (secondary N) is 1. The van der Waals surface area contributed by atoms with Crippen LogP contribution in [0.3, 0.4) is 0 Å². The molecule has 25 heavy (non-hydrogen) atoms. The molecule has 3 heterocycles. The summed E-state index contributed by atoms with van der Waals surface area (Å²) in [6.07, 6.45) is 7.33. The Kier molecular flexibility index (Phi) is 6.85. The van der Waals surface area contributed by atoms with Crippen LogP contribution in [0.1, 0.15) is 26.2 Å². The van der Waals surface area contributed by atoms with Gasteiger partial charge in [0.25, 0.3) is 0 Å². The van der Waals surface area contributed by atoms with E-state index in [9.17, 15) is 0 Å². The molecule has 2 aliphatic rings. The van der Waals surface area contributed by atoms with Crippen LogP contribution in [0.25, 0.3) is 0 Å². The molecule has 0 unspecified atom stereocenters. The molecule has 0 saturated carbocycles. The van der Waals surface area contributed by atoms with Crippen molar-refractivity contribution in [2.24, 2.45) is 4.99 Å². The number of anilines is 1. The van der Waals surface area contributed by atoms with E-state index in [4.69, 9.17) is 4.99 Å². The fraction of sp³-hybridized carbons (Fsp3) is 0.722. The van der Waals surface area contributed by atoms with Crippen LogP contribution in [0.4, 0.5) is 5.95 Å². The topological polar surface area (TPSA) is 59.9 Å². The first kappa shape index (κ1) is 17.9. The Bertz CT molecular complexity index is 519. The predicted molar refractivity (Wildman–Crippen MR) is 102 cm³/mol. The maximum Gasteiger partial charge on any atom is 0.225 e. The number of rotatable bonds is 6. The van der Waals surface area contributed by atoms with Crippen molar-refractivity contribution in [1.82, 2.24) is 25.1 Å². The van der Waals surface area contributed by atoms with Crippen LogP contribution in [0.2, 0.25) is 0 Å². The highest BCUT2D eigenvalue weighted by molar-refractivity contribution is 5.80. The van der Waals surface area contributed by atoms with Gasteiger partial charge in [-0.05, 0) is 32.3 Å². The molecular weight excluding hydrogens is 314 g/mol. The number of aromatic nitrogens is 2. The summed E-state index contributed by atoms with van der Waals surface area (Å²) in [6, 6.07) is 1.87. The Labute approximate surface area is 151 Å².